The van der Waals surface area contributed by atoms with Gasteiger partial charge in [0.05, 0.1) is 36.1 Å². The van der Waals surface area contributed by atoms with Crippen molar-refractivity contribution in [3.05, 3.63) is 83.1 Å². The molecule has 0 aliphatic carbocycles. The second-order valence-electron chi connectivity index (χ2n) is 11.3. The number of hydrogen-bond acceptors (Lipinski definition) is 8. The number of halogens is 4. The molecule has 1 aromatic carbocycles. The fourth-order valence-corrected chi connectivity index (χ4v) is 6.75. The summed E-state index contributed by atoms with van der Waals surface area (Å²) in [7, 11) is 1.49. The third-order valence-electron chi connectivity index (χ3n) is 8.06. The molecule has 48 heavy (non-hydrogen) atoms. The summed E-state index contributed by atoms with van der Waals surface area (Å²) in [5, 5.41) is 12.7. The van der Waals surface area contributed by atoms with E-state index in [4.69, 9.17) is 14.5 Å². The number of ether oxygens (including phenoxy) is 2. The number of fused-ring (bicyclic) bond motifs is 2. The van der Waals surface area contributed by atoms with Gasteiger partial charge in [-0.2, -0.15) is 5.10 Å². The number of rotatable bonds is 12. The van der Waals surface area contributed by atoms with Crippen molar-refractivity contribution in [2.75, 3.05) is 33.4 Å². The first kappa shape index (κ1) is 33.2. The molecule has 6 rings (SSSR count). The predicted octanol–water partition coefficient (Wildman–Crippen LogP) is 6.71. The molecule has 0 saturated heterocycles. The van der Waals surface area contributed by atoms with Gasteiger partial charge in [0.2, 0.25) is 5.91 Å². The molecule has 14 heteroatoms. The van der Waals surface area contributed by atoms with Gasteiger partial charge in [0.15, 0.2) is 0 Å². The molecule has 0 unspecified atom stereocenters. The van der Waals surface area contributed by atoms with E-state index in [0.717, 1.165) is 29.5 Å². The lowest BCUT2D eigenvalue weighted by atomic mass is 9.95. The highest BCUT2D eigenvalue weighted by atomic mass is 32.1. The maximum atomic E-state index is 16.0. The number of aromatic nitrogens is 4. The second kappa shape index (κ2) is 14.2. The molecule has 9 nitrogen and oxygen atoms in total. The van der Waals surface area contributed by atoms with Crippen LogP contribution in [0.15, 0.2) is 54.6 Å². The van der Waals surface area contributed by atoms with Crippen molar-refractivity contribution in [2.24, 2.45) is 0 Å². The standard InChI is InChI=1S/C34H32F4N6O3S/c1-4-29(45)40-18(2)25-14-26(43-42-25)33-31(30-23(36)12-21(35)13-27(30)47-9-8-46-3)34-22(6-10-48-34)32(41-33)19-11-20-16-44(17-28(37)38)7-5-24(20)39-15-19/h4,6,10-15,18,28H,1,5,7-9,16-17H2,2-3H3,(H,40,45)(H,42,43)/t18-/m1/s1. The van der Waals surface area contributed by atoms with Crippen molar-refractivity contribution in [2.45, 2.75) is 32.4 Å². The van der Waals surface area contributed by atoms with Crippen LogP contribution >= 0.6 is 11.3 Å². The third-order valence-corrected chi connectivity index (χ3v) is 8.99. The number of methoxy groups -OCH3 is 1. The molecule has 5 aromatic rings. The largest absolute Gasteiger partial charge is 0.490 e. The van der Waals surface area contributed by atoms with Gasteiger partial charge >= 0.3 is 0 Å². The molecule has 1 aliphatic heterocycles. The average Bonchev–Trinajstić information content (AvgIpc) is 3.75. The Morgan fingerprint density at radius 2 is 2.02 bits per heavy atom. The molecule has 0 bridgehead atoms. The molecule has 0 spiro atoms. The van der Waals surface area contributed by atoms with Crippen LogP contribution in [0.4, 0.5) is 17.6 Å². The Kier molecular flexibility index (Phi) is 9.85. The Balaban J connectivity index is 1.56. The number of carbonyl (C=O) groups excluding carboxylic acids is 1. The zero-order valence-corrected chi connectivity index (χ0v) is 27.0. The fourth-order valence-electron chi connectivity index (χ4n) is 5.80. The number of thiophene rings is 1. The monoisotopic (exact) mass is 680 g/mol. The number of aromatic amines is 1. The van der Waals surface area contributed by atoms with E-state index in [1.807, 2.05) is 17.5 Å². The highest BCUT2D eigenvalue weighted by molar-refractivity contribution is 7.18. The van der Waals surface area contributed by atoms with Gasteiger partial charge in [0.25, 0.3) is 6.43 Å². The van der Waals surface area contributed by atoms with E-state index in [1.165, 1.54) is 18.4 Å². The van der Waals surface area contributed by atoms with E-state index in [1.54, 1.807) is 24.1 Å². The van der Waals surface area contributed by atoms with Gasteiger partial charge in [-0.1, -0.05) is 6.58 Å². The van der Waals surface area contributed by atoms with Crippen LogP contribution in [0, 0.1) is 11.6 Å². The number of amides is 1. The summed E-state index contributed by atoms with van der Waals surface area (Å²) in [6, 6.07) is 6.88. The van der Waals surface area contributed by atoms with Crippen molar-refractivity contribution in [1.82, 2.24) is 30.4 Å². The molecule has 1 atom stereocenters. The topological polar surface area (TPSA) is 105 Å². The lowest BCUT2D eigenvalue weighted by Crippen LogP contribution is -2.34. The molecule has 250 valence electrons. The van der Waals surface area contributed by atoms with Crippen molar-refractivity contribution < 1.29 is 31.8 Å². The lowest BCUT2D eigenvalue weighted by molar-refractivity contribution is -0.117. The number of nitrogens with one attached hydrogen (secondary N) is 2. The van der Waals surface area contributed by atoms with Gasteiger partial charge in [-0.15, -0.1) is 11.3 Å². The number of hydrogen-bond donors (Lipinski definition) is 2. The minimum absolute atomic E-state index is 0.00207. The summed E-state index contributed by atoms with van der Waals surface area (Å²) in [4.78, 5) is 23.4. The predicted molar refractivity (Wildman–Crippen MR) is 175 cm³/mol. The quantitative estimate of drug-likeness (QED) is 0.0858. The zero-order chi connectivity index (χ0) is 33.9. The Morgan fingerprint density at radius 3 is 2.79 bits per heavy atom. The van der Waals surface area contributed by atoms with Crippen molar-refractivity contribution >= 4 is 27.3 Å². The molecule has 5 heterocycles. The maximum absolute atomic E-state index is 16.0. The summed E-state index contributed by atoms with van der Waals surface area (Å²) in [6.07, 6.45) is 0.948. The van der Waals surface area contributed by atoms with E-state index >= 15 is 4.39 Å². The molecular weight excluding hydrogens is 648 g/mol. The van der Waals surface area contributed by atoms with Crippen LogP contribution in [0.5, 0.6) is 5.75 Å². The summed E-state index contributed by atoms with van der Waals surface area (Å²) in [5.41, 5.74) is 4.30. The molecule has 0 fully saturated rings. The van der Waals surface area contributed by atoms with Crippen molar-refractivity contribution in [3.8, 4) is 39.5 Å². The maximum Gasteiger partial charge on any atom is 0.251 e. The Hall–Kier alpha value is -4.66. The number of benzene rings is 1. The molecule has 4 aromatic heterocycles. The normalized spacial score (nSPS) is 13.9. The first-order valence-corrected chi connectivity index (χ1v) is 16.0. The SMILES string of the molecule is C=CC(=O)N[C@H](C)c1cc(-c2nc(-c3cnc4c(c3)CN(CC(F)F)CC4)c3ccsc3c2-c2c(F)cc(F)cc2OCCOC)n[nH]1. The van der Waals surface area contributed by atoms with Gasteiger partial charge in [-0.05, 0) is 42.1 Å². The second-order valence-corrected chi connectivity index (χ2v) is 12.2. The highest BCUT2D eigenvalue weighted by Gasteiger charge is 2.28. The molecular formula is C34H32F4N6O3S. The van der Waals surface area contributed by atoms with Crippen LogP contribution in [-0.2, 0) is 22.5 Å². The van der Waals surface area contributed by atoms with Crippen LogP contribution in [-0.4, -0.2) is 70.8 Å². The number of H-pyrrole nitrogens is 1. The van der Waals surface area contributed by atoms with Gasteiger partial charge in [-0.25, -0.2) is 22.5 Å². The van der Waals surface area contributed by atoms with E-state index in [-0.39, 0.29) is 42.7 Å². The summed E-state index contributed by atoms with van der Waals surface area (Å²) in [5.74, 6) is -2.08. The van der Waals surface area contributed by atoms with E-state index in [9.17, 15) is 18.0 Å². The average molecular weight is 681 g/mol. The minimum atomic E-state index is -2.45. The number of nitrogens with zero attached hydrogens (tertiary/aromatic N) is 4. The Bertz CT molecular complexity index is 1980. The smallest absolute Gasteiger partial charge is 0.251 e. The van der Waals surface area contributed by atoms with Gasteiger partial charge in [0.1, 0.15) is 35.4 Å². The van der Waals surface area contributed by atoms with Gasteiger partial charge in [0, 0.05) is 71.9 Å². The molecule has 2 N–H and O–H groups in total. The first-order chi connectivity index (χ1) is 23.2. The Morgan fingerprint density at radius 1 is 1.19 bits per heavy atom. The zero-order valence-electron chi connectivity index (χ0n) is 26.2. The van der Waals surface area contributed by atoms with Crippen molar-refractivity contribution in [1.29, 1.82) is 0 Å². The van der Waals surface area contributed by atoms with Crippen LogP contribution in [0.1, 0.15) is 29.9 Å². The first-order valence-electron chi connectivity index (χ1n) is 15.2. The number of alkyl halides is 2. The van der Waals surface area contributed by atoms with E-state index in [0.29, 0.717) is 57.8 Å². The summed E-state index contributed by atoms with van der Waals surface area (Å²) >= 11 is 1.34. The van der Waals surface area contributed by atoms with Gasteiger partial charge < -0.3 is 14.8 Å². The van der Waals surface area contributed by atoms with Crippen LogP contribution < -0.4 is 10.1 Å². The van der Waals surface area contributed by atoms with Crippen LogP contribution in [0.2, 0.25) is 0 Å². The third kappa shape index (κ3) is 6.82. The number of carbonyl (C=O) groups is 1. The van der Waals surface area contributed by atoms with Crippen molar-refractivity contribution in [3.63, 3.8) is 0 Å². The van der Waals surface area contributed by atoms with Gasteiger partial charge in [-0.3, -0.25) is 19.8 Å². The minimum Gasteiger partial charge on any atom is -0.490 e. The fraction of sp³-hybridized carbons (Fsp3) is 0.294. The highest BCUT2D eigenvalue weighted by Crippen LogP contribution is 2.47. The molecule has 1 aliphatic rings. The lowest BCUT2D eigenvalue weighted by Gasteiger charge is -2.28. The van der Waals surface area contributed by atoms with E-state index < -0.39 is 24.1 Å². The molecule has 0 saturated carbocycles. The van der Waals surface area contributed by atoms with Crippen LogP contribution in [0.3, 0.4) is 0 Å². The summed E-state index contributed by atoms with van der Waals surface area (Å²) < 4.78 is 68.5. The van der Waals surface area contributed by atoms with E-state index in [2.05, 4.69) is 27.1 Å². The number of pyridine rings is 2. The summed E-state index contributed by atoms with van der Waals surface area (Å²) in [6.45, 7) is 5.95. The molecule has 1 amide bonds. The molecule has 0 radical (unpaired) electrons. The van der Waals surface area contributed by atoms with Crippen LogP contribution in [0.25, 0.3) is 43.9 Å². The Labute approximate surface area is 277 Å².